The topological polar surface area (TPSA) is 115 Å². The fraction of sp³-hybridized carbons (Fsp3) is 0.400. The van der Waals surface area contributed by atoms with Crippen molar-refractivity contribution >= 4 is 17.3 Å². The molecule has 0 saturated heterocycles. The minimum Gasteiger partial charge on any atom is -0.399 e. The molecule has 2 atom stereocenters. The molecule has 17 heavy (non-hydrogen) atoms. The van der Waals surface area contributed by atoms with Crippen LogP contribution in [0.5, 0.6) is 0 Å². The summed E-state index contributed by atoms with van der Waals surface area (Å²) in [4.78, 5) is 2.56. The molecule has 1 aromatic carbocycles. The molecule has 1 rings (SSSR count). The van der Waals surface area contributed by atoms with Gasteiger partial charge in [0.25, 0.3) is 0 Å². The average Bonchev–Trinajstić information content (AvgIpc) is 2.28. The largest absolute Gasteiger partial charge is 0.399 e. The lowest BCUT2D eigenvalue weighted by Gasteiger charge is -2.18. The molecule has 0 aliphatic heterocycles. The first-order chi connectivity index (χ1) is 8.06. The van der Waals surface area contributed by atoms with Gasteiger partial charge in [0.05, 0.1) is 6.10 Å². The summed E-state index contributed by atoms with van der Waals surface area (Å²) in [5.41, 5.74) is 14.5. The SMILES string of the molecule is [N-]=[N+]=NCCC(O)C(O)c1ccc(N)cc1Cl. The van der Waals surface area contributed by atoms with Crippen molar-refractivity contribution in [2.75, 3.05) is 12.3 Å². The first kappa shape index (κ1) is 13.6. The van der Waals surface area contributed by atoms with E-state index in [0.717, 1.165) is 0 Å². The molecule has 0 aromatic heterocycles. The highest BCUT2D eigenvalue weighted by atomic mass is 35.5. The zero-order chi connectivity index (χ0) is 12.8. The van der Waals surface area contributed by atoms with E-state index in [0.29, 0.717) is 16.3 Å². The van der Waals surface area contributed by atoms with Crippen LogP contribution in [0.25, 0.3) is 10.4 Å². The van der Waals surface area contributed by atoms with E-state index in [1.165, 1.54) is 6.07 Å². The summed E-state index contributed by atoms with van der Waals surface area (Å²) >= 11 is 5.90. The summed E-state index contributed by atoms with van der Waals surface area (Å²) < 4.78 is 0. The maximum Gasteiger partial charge on any atom is 0.106 e. The summed E-state index contributed by atoms with van der Waals surface area (Å²) in [6.07, 6.45) is -2.01. The quantitative estimate of drug-likeness (QED) is 0.324. The molecule has 0 aliphatic rings. The number of nitrogens with zero attached hydrogens (tertiary/aromatic N) is 3. The number of hydrogen-bond acceptors (Lipinski definition) is 4. The highest BCUT2D eigenvalue weighted by molar-refractivity contribution is 6.31. The third kappa shape index (κ3) is 3.80. The second-order valence-electron chi connectivity index (χ2n) is 3.54. The highest BCUT2D eigenvalue weighted by Gasteiger charge is 2.20. The van der Waals surface area contributed by atoms with Crippen LogP contribution in [0, 0.1) is 0 Å². The number of nitrogens with two attached hydrogens (primary N) is 1. The van der Waals surface area contributed by atoms with Crippen LogP contribution in [0.1, 0.15) is 18.1 Å². The Morgan fingerprint density at radius 3 is 2.76 bits per heavy atom. The van der Waals surface area contributed by atoms with Crippen LogP contribution in [-0.4, -0.2) is 22.9 Å². The molecule has 4 N–H and O–H groups in total. The van der Waals surface area contributed by atoms with Crippen molar-refractivity contribution in [3.63, 3.8) is 0 Å². The Balaban J connectivity index is 2.73. The summed E-state index contributed by atoms with van der Waals surface area (Å²) in [6, 6.07) is 4.64. The molecule has 6 nitrogen and oxygen atoms in total. The molecular formula is C10H13ClN4O2. The Morgan fingerprint density at radius 1 is 1.47 bits per heavy atom. The summed E-state index contributed by atoms with van der Waals surface area (Å²) in [7, 11) is 0. The van der Waals surface area contributed by atoms with Gasteiger partial charge in [-0.1, -0.05) is 22.8 Å². The van der Waals surface area contributed by atoms with Gasteiger partial charge in [-0.25, -0.2) is 0 Å². The van der Waals surface area contributed by atoms with Crippen molar-refractivity contribution < 1.29 is 10.2 Å². The van der Waals surface area contributed by atoms with Crippen LogP contribution in [0.15, 0.2) is 23.3 Å². The van der Waals surface area contributed by atoms with E-state index >= 15 is 0 Å². The second kappa shape index (κ2) is 6.32. The maximum atomic E-state index is 9.85. The monoisotopic (exact) mass is 256 g/mol. The Hall–Kier alpha value is -1.46. The van der Waals surface area contributed by atoms with E-state index < -0.39 is 12.2 Å². The number of azide groups is 1. The van der Waals surface area contributed by atoms with Crippen molar-refractivity contribution in [2.45, 2.75) is 18.6 Å². The second-order valence-corrected chi connectivity index (χ2v) is 3.94. The van der Waals surface area contributed by atoms with Crippen LogP contribution in [-0.2, 0) is 0 Å². The molecule has 7 heteroatoms. The molecule has 0 heterocycles. The maximum absolute atomic E-state index is 9.85. The van der Waals surface area contributed by atoms with Crippen molar-refractivity contribution in [3.05, 3.63) is 39.2 Å². The summed E-state index contributed by atoms with van der Waals surface area (Å²) in [5.74, 6) is 0. The van der Waals surface area contributed by atoms with E-state index in [1.807, 2.05) is 0 Å². The third-order valence-electron chi connectivity index (χ3n) is 2.30. The Bertz CT molecular complexity index is 434. The molecule has 0 radical (unpaired) electrons. The number of hydrogen-bond donors (Lipinski definition) is 3. The predicted octanol–water partition coefficient (Wildman–Crippen LogP) is 2.02. The number of rotatable bonds is 5. The lowest BCUT2D eigenvalue weighted by molar-refractivity contribution is 0.0151. The van der Waals surface area contributed by atoms with Gasteiger partial charge in [0.15, 0.2) is 0 Å². The van der Waals surface area contributed by atoms with Gasteiger partial charge >= 0.3 is 0 Å². The van der Waals surface area contributed by atoms with Gasteiger partial charge in [0.2, 0.25) is 0 Å². The zero-order valence-electron chi connectivity index (χ0n) is 8.99. The molecule has 1 aromatic rings. The van der Waals surface area contributed by atoms with Crippen LogP contribution < -0.4 is 5.73 Å². The van der Waals surface area contributed by atoms with E-state index in [4.69, 9.17) is 22.9 Å². The van der Waals surface area contributed by atoms with Crippen molar-refractivity contribution in [2.24, 2.45) is 5.11 Å². The average molecular weight is 257 g/mol. The van der Waals surface area contributed by atoms with Gasteiger partial charge in [-0.3, -0.25) is 0 Å². The summed E-state index contributed by atoms with van der Waals surface area (Å²) in [5, 5.41) is 23.1. The molecule has 92 valence electrons. The lowest BCUT2D eigenvalue weighted by Crippen LogP contribution is -2.19. The molecule has 2 unspecified atom stereocenters. The number of aliphatic hydroxyl groups is 2. The van der Waals surface area contributed by atoms with Gasteiger partial charge < -0.3 is 15.9 Å². The van der Waals surface area contributed by atoms with E-state index in [-0.39, 0.29) is 13.0 Å². The van der Waals surface area contributed by atoms with E-state index in [2.05, 4.69) is 10.0 Å². The number of halogens is 1. The van der Waals surface area contributed by atoms with E-state index in [1.54, 1.807) is 12.1 Å². The van der Waals surface area contributed by atoms with Crippen LogP contribution in [0.2, 0.25) is 5.02 Å². The molecule has 0 saturated carbocycles. The minimum atomic E-state index is -1.13. The highest BCUT2D eigenvalue weighted by Crippen LogP contribution is 2.28. The van der Waals surface area contributed by atoms with Gasteiger partial charge in [-0.15, -0.1) is 0 Å². The Morgan fingerprint density at radius 2 is 2.18 bits per heavy atom. The first-order valence-electron chi connectivity index (χ1n) is 4.98. The number of aliphatic hydroxyl groups excluding tert-OH is 2. The van der Waals surface area contributed by atoms with Crippen molar-refractivity contribution in [3.8, 4) is 0 Å². The van der Waals surface area contributed by atoms with Gasteiger partial charge in [0, 0.05) is 27.7 Å². The van der Waals surface area contributed by atoms with Gasteiger partial charge in [-0.2, -0.15) is 0 Å². The molecule has 0 aliphatic carbocycles. The van der Waals surface area contributed by atoms with Gasteiger partial charge in [-0.05, 0) is 24.1 Å². The Labute approximate surface area is 103 Å². The fourth-order valence-corrected chi connectivity index (χ4v) is 1.68. The molecule has 0 amide bonds. The minimum absolute atomic E-state index is 0.112. The normalized spacial score (nSPS) is 13.8. The molecule has 0 spiro atoms. The fourth-order valence-electron chi connectivity index (χ4n) is 1.38. The smallest absolute Gasteiger partial charge is 0.106 e. The van der Waals surface area contributed by atoms with Crippen molar-refractivity contribution in [1.29, 1.82) is 0 Å². The molecule has 0 fully saturated rings. The Kier molecular flexibility index (Phi) is 5.06. The number of anilines is 1. The van der Waals surface area contributed by atoms with Crippen LogP contribution in [0.4, 0.5) is 5.69 Å². The number of benzene rings is 1. The van der Waals surface area contributed by atoms with Crippen LogP contribution in [0.3, 0.4) is 0 Å². The zero-order valence-corrected chi connectivity index (χ0v) is 9.75. The first-order valence-corrected chi connectivity index (χ1v) is 5.36. The lowest BCUT2D eigenvalue weighted by atomic mass is 10.0. The van der Waals surface area contributed by atoms with Crippen LogP contribution >= 0.6 is 11.6 Å². The third-order valence-corrected chi connectivity index (χ3v) is 2.62. The molecular weight excluding hydrogens is 244 g/mol. The molecule has 0 bridgehead atoms. The standard InChI is InChI=1S/C10H13ClN4O2/c11-8-5-6(12)1-2-7(8)10(17)9(16)3-4-14-15-13/h1-2,5,9-10,16-17H,3-4,12H2. The predicted molar refractivity (Wildman–Crippen MR) is 65.5 cm³/mol. The van der Waals surface area contributed by atoms with Crippen molar-refractivity contribution in [1.82, 2.24) is 0 Å². The number of nitrogen functional groups attached to an aromatic ring is 1. The van der Waals surface area contributed by atoms with Gasteiger partial charge in [0.1, 0.15) is 6.10 Å². The van der Waals surface area contributed by atoms with E-state index in [9.17, 15) is 10.2 Å². The summed E-state index contributed by atoms with van der Waals surface area (Å²) in [6.45, 7) is 0.112.